The van der Waals surface area contributed by atoms with Gasteiger partial charge in [0.15, 0.2) is 0 Å². The zero-order chi connectivity index (χ0) is 14.4. The molecule has 0 aliphatic rings. The fraction of sp³-hybridized carbons (Fsp3) is 0.214. The summed E-state index contributed by atoms with van der Waals surface area (Å²) < 4.78 is 11.1. The Labute approximate surface area is 131 Å². The molecule has 5 nitrogen and oxygen atoms in total. The van der Waals surface area contributed by atoms with Gasteiger partial charge in [0.05, 0.1) is 0 Å². The molecule has 106 valence electrons. The number of hydrogen-bond donors (Lipinski definition) is 1. The van der Waals surface area contributed by atoms with Crippen LogP contribution in [0.1, 0.15) is 16.3 Å². The summed E-state index contributed by atoms with van der Waals surface area (Å²) in [7, 11) is 0. The molecule has 21 heavy (non-hydrogen) atoms. The minimum absolute atomic E-state index is 0.00435. The van der Waals surface area contributed by atoms with E-state index in [-0.39, 0.29) is 15.0 Å². The van der Waals surface area contributed by atoms with Crippen LogP contribution in [0.5, 0.6) is 0 Å². The number of anilines is 1. The number of imidazole rings is 1. The molecule has 3 heterocycles. The van der Waals surface area contributed by atoms with E-state index in [1.54, 1.807) is 11.3 Å². The first-order valence-electron chi connectivity index (χ1n) is 6.61. The zero-order valence-corrected chi connectivity index (χ0v) is 14.2. The topological polar surface area (TPSA) is 55.1 Å². The zero-order valence-electron chi connectivity index (χ0n) is 11.6. The second-order valence-corrected chi connectivity index (χ2v) is 7.25. The molecule has 3 aromatic heterocycles. The summed E-state index contributed by atoms with van der Waals surface area (Å²) >= 11 is 1.73. The van der Waals surface area contributed by atoms with Crippen molar-refractivity contribution in [2.45, 2.75) is 20.4 Å². The van der Waals surface area contributed by atoms with Gasteiger partial charge in [-0.15, -0.1) is 0 Å². The van der Waals surface area contributed by atoms with Crippen molar-refractivity contribution in [2.75, 3.05) is 5.32 Å². The number of rotatable bonds is 3. The van der Waals surface area contributed by atoms with E-state index in [2.05, 4.69) is 48.8 Å². The van der Waals surface area contributed by atoms with Crippen LogP contribution in [-0.4, -0.2) is 32.3 Å². The van der Waals surface area contributed by atoms with Crippen molar-refractivity contribution >= 4 is 48.0 Å². The van der Waals surface area contributed by atoms with E-state index >= 15 is 0 Å². The SMILES string of the molecule is Cc1cn2c(CNc3cccc4n[se]nc34)c(C)nc2s1. The molecule has 0 fully saturated rings. The van der Waals surface area contributed by atoms with Crippen LogP contribution in [-0.2, 0) is 6.54 Å². The van der Waals surface area contributed by atoms with Gasteiger partial charge in [0.2, 0.25) is 0 Å². The third-order valence-electron chi connectivity index (χ3n) is 3.47. The monoisotopic (exact) mass is 363 g/mol. The van der Waals surface area contributed by atoms with Gasteiger partial charge in [-0.05, 0) is 0 Å². The van der Waals surface area contributed by atoms with Crippen LogP contribution < -0.4 is 5.32 Å². The predicted octanol–water partition coefficient (Wildman–Crippen LogP) is 2.62. The van der Waals surface area contributed by atoms with E-state index in [1.165, 1.54) is 10.6 Å². The Balaban J connectivity index is 1.69. The average molecular weight is 362 g/mol. The molecular formula is C14H13N5SSe. The molecule has 1 N–H and O–H groups in total. The van der Waals surface area contributed by atoms with Crippen molar-refractivity contribution in [1.82, 2.24) is 17.3 Å². The van der Waals surface area contributed by atoms with Crippen LogP contribution in [0.25, 0.3) is 16.0 Å². The number of thiazole rings is 1. The van der Waals surface area contributed by atoms with Gasteiger partial charge in [-0.25, -0.2) is 0 Å². The molecule has 0 saturated heterocycles. The standard InChI is InChI=1S/C14H13N5SSe/c1-8-7-19-12(9(2)16-14(19)20-8)6-15-10-4-3-5-11-13(10)18-21-17-11/h3-5,7,15H,6H2,1-2H3. The summed E-state index contributed by atoms with van der Waals surface area (Å²) in [6, 6.07) is 6.10. The molecule has 0 saturated carbocycles. The summed E-state index contributed by atoms with van der Waals surface area (Å²) in [4.78, 5) is 6.95. The van der Waals surface area contributed by atoms with Crippen molar-refractivity contribution in [1.29, 1.82) is 0 Å². The second-order valence-electron chi connectivity index (χ2n) is 4.93. The Morgan fingerprint density at radius 1 is 1.29 bits per heavy atom. The molecule has 1 aromatic carbocycles. The fourth-order valence-corrected chi connectivity index (χ4v) is 4.49. The minimum atomic E-state index is 0.00435. The van der Waals surface area contributed by atoms with Gasteiger partial charge in [0.1, 0.15) is 0 Å². The third kappa shape index (κ3) is 2.18. The van der Waals surface area contributed by atoms with Gasteiger partial charge >= 0.3 is 132 Å². The van der Waals surface area contributed by atoms with E-state index in [0.717, 1.165) is 33.9 Å². The van der Waals surface area contributed by atoms with Crippen LogP contribution in [0.2, 0.25) is 0 Å². The van der Waals surface area contributed by atoms with Crippen LogP contribution in [0.15, 0.2) is 24.4 Å². The van der Waals surface area contributed by atoms with E-state index < -0.39 is 0 Å². The van der Waals surface area contributed by atoms with Gasteiger partial charge in [-0.2, -0.15) is 0 Å². The molecule has 0 spiro atoms. The summed E-state index contributed by atoms with van der Waals surface area (Å²) in [5, 5.41) is 3.49. The van der Waals surface area contributed by atoms with Gasteiger partial charge in [-0.1, -0.05) is 0 Å². The third-order valence-corrected chi connectivity index (χ3v) is 5.51. The molecule has 0 aliphatic carbocycles. The fourth-order valence-electron chi connectivity index (χ4n) is 2.45. The van der Waals surface area contributed by atoms with E-state index in [4.69, 9.17) is 0 Å². The quantitative estimate of drug-likeness (QED) is 0.570. The van der Waals surface area contributed by atoms with Crippen molar-refractivity contribution in [2.24, 2.45) is 0 Å². The number of benzene rings is 1. The van der Waals surface area contributed by atoms with Gasteiger partial charge in [0, 0.05) is 0 Å². The van der Waals surface area contributed by atoms with Crippen molar-refractivity contribution in [3.63, 3.8) is 0 Å². The first-order chi connectivity index (χ1) is 10.2. The molecule has 7 heteroatoms. The Hall–Kier alpha value is -1.69. The van der Waals surface area contributed by atoms with Crippen LogP contribution in [0.4, 0.5) is 5.69 Å². The summed E-state index contributed by atoms with van der Waals surface area (Å²) in [5.41, 5.74) is 5.33. The molecule has 0 aliphatic heterocycles. The van der Waals surface area contributed by atoms with Crippen molar-refractivity contribution in [3.05, 3.63) is 40.7 Å². The summed E-state index contributed by atoms with van der Waals surface area (Å²) in [6.07, 6.45) is 2.15. The van der Waals surface area contributed by atoms with Crippen LogP contribution in [0.3, 0.4) is 0 Å². The number of aryl methyl sites for hydroxylation is 2. The Bertz CT molecular complexity index is 935. The second kappa shape index (κ2) is 4.94. The Morgan fingerprint density at radius 2 is 2.19 bits per heavy atom. The maximum atomic E-state index is 4.62. The van der Waals surface area contributed by atoms with Gasteiger partial charge in [-0.3, -0.25) is 0 Å². The maximum absolute atomic E-state index is 4.62. The first-order valence-corrected chi connectivity index (χ1v) is 8.96. The number of hydrogen-bond acceptors (Lipinski definition) is 5. The van der Waals surface area contributed by atoms with E-state index in [0.29, 0.717) is 0 Å². The van der Waals surface area contributed by atoms with Crippen LogP contribution in [0, 0.1) is 13.8 Å². The molecule has 4 rings (SSSR count). The first kappa shape index (κ1) is 13.0. The van der Waals surface area contributed by atoms with Crippen LogP contribution >= 0.6 is 11.3 Å². The number of nitrogens with one attached hydrogen (secondary N) is 1. The molecule has 0 bridgehead atoms. The average Bonchev–Trinajstić information content (AvgIpc) is 3.11. The molecular weight excluding hydrogens is 349 g/mol. The Kier molecular flexibility index (Phi) is 3.06. The van der Waals surface area contributed by atoms with Crippen molar-refractivity contribution < 1.29 is 0 Å². The van der Waals surface area contributed by atoms with Gasteiger partial charge < -0.3 is 0 Å². The summed E-state index contributed by atoms with van der Waals surface area (Å²) in [5.74, 6) is 0. The number of aromatic nitrogens is 4. The summed E-state index contributed by atoms with van der Waals surface area (Å²) in [6.45, 7) is 4.91. The van der Waals surface area contributed by atoms with E-state index in [9.17, 15) is 0 Å². The normalized spacial score (nSPS) is 11.5. The molecule has 0 radical (unpaired) electrons. The molecule has 0 unspecified atom stereocenters. The molecule has 0 amide bonds. The Morgan fingerprint density at radius 3 is 3.10 bits per heavy atom. The predicted molar refractivity (Wildman–Crippen MR) is 86.3 cm³/mol. The number of fused-ring (bicyclic) bond motifs is 2. The van der Waals surface area contributed by atoms with Crippen molar-refractivity contribution in [3.8, 4) is 0 Å². The molecule has 0 atom stereocenters. The number of nitrogens with zero attached hydrogens (tertiary/aromatic N) is 4. The molecule has 4 aromatic rings. The van der Waals surface area contributed by atoms with E-state index in [1.807, 2.05) is 12.1 Å². The van der Waals surface area contributed by atoms with Gasteiger partial charge in [0.25, 0.3) is 0 Å².